The number of carboxylic acids is 1. The highest BCUT2D eigenvalue weighted by Crippen LogP contribution is 2.35. The van der Waals surface area contributed by atoms with Gasteiger partial charge in [0.1, 0.15) is 10.7 Å². The van der Waals surface area contributed by atoms with Crippen LogP contribution in [0.5, 0.6) is 5.75 Å². The van der Waals surface area contributed by atoms with E-state index in [2.05, 4.69) is 10.2 Å². The lowest BCUT2D eigenvalue weighted by atomic mass is 10.2. The first-order valence-electron chi connectivity index (χ1n) is 7.32. The molecule has 0 aliphatic heterocycles. The lowest BCUT2D eigenvalue weighted by molar-refractivity contribution is -0.131. The van der Waals surface area contributed by atoms with E-state index in [9.17, 15) is 9.90 Å². The molecule has 3 rings (SSSR count). The Morgan fingerprint density at radius 1 is 1.38 bits per heavy atom. The van der Waals surface area contributed by atoms with Crippen LogP contribution in [0.15, 0.2) is 44.2 Å². The lowest BCUT2D eigenvalue weighted by Gasteiger charge is -2.04. The van der Waals surface area contributed by atoms with Gasteiger partial charge >= 0.3 is 5.97 Å². The van der Waals surface area contributed by atoms with Crippen molar-refractivity contribution in [2.24, 2.45) is 0 Å². The largest absolute Gasteiger partial charge is 0.496 e. The van der Waals surface area contributed by atoms with Crippen molar-refractivity contribution in [3.05, 3.63) is 50.0 Å². The van der Waals surface area contributed by atoms with Gasteiger partial charge < -0.3 is 14.3 Å². The van der Waals surface area contributed by atoms with E-state index in [-0.39, 0.29) is 16.0 Å². The molecule has 0 amide bonds. The van der Waals surface area contributed by atoms with Gasteiger partial charge in [-0.05, 0) is 60.0 Å². The third-order valence-electron chi connectivity index (χ3n) is 3.37. The Kier molecular flexibility index (Phi) is 5.65. The van der Waals surface area contributed by atoms with Crippen LogP contribution in [0.25, 0.3) is 17.5 Å². The highest BCUT2D eigenvalue weighted by Gasteiger charge is 2.18. The number of carbonyl (C=O) groups is 1. The zero-order chi connectivity index (χ0) is 18.7. The summed E-state index contributed by atoms with van der Waals surface area (Å²) in [6.07, 6.45) is 1.59. The predicted octanol–water partition coefficient (Wildman–Crippen LogP) is 4.99. The Bertz CT molecular complexity index is 981. The number of thioether (sulfide) groups is 1. The zero-order valence-corrected chi connectivity index (χ0v) is 16.1. The lowest BCUT2D eigenvalue weighted by Crippen LogP contribution is -1.96. The first-order chi connectivity index (χ1) is 12.5. The van der Waals surface area contributed by atoms with Gasteiger partial charge in [-0.15, -0.1) is 21.5 Å². The molecular weight excluding hydrogens is 396 g/mol. The molecule has 0 radical (unpaired) electrons. The third kappa shape index (κ3) is 4.09. The molecule has 1 N–H and O–H groups in total. The number of aliphatic carboxylic acids is 1. The van der Waals surface area contributed by atoms with Crippen LogP contribution in [0.3, 0.4) is 0 Å². The molecular formula is C17H13ClN2O4S2. The van der Waals surface area contributed by atoms with Crippen LogP contribution < -0.4 is 4.74 Å². The van der Waals surface area contributed by atoms with E-state index >= 15 is 0 Å². The van der Waals surface area contributed by atoms with Gasteiger partial charge in [-0.3, -0.25) is 0 Å². The quantitative estimate of drug-likeness (QED) is 0.454. The fourth-order valence-corrected chi connectivity index (χ4v) is 3.85. The van der Waals surface area contributed by atoms with E-state index < -0.39 is 5.97 Å². The molecule has 0 spiro atoms. The van der Waals surface area contributed by atoms with E-state index in [1.807, 2.05) is 18.4 Å². The zero-order valence-electron chi connectivity index (χ0n) is 13.7. The molecule has 0 saturated carbocycles. The van der Waals surface area contributed by atoms with Crippen LogP contribution in [0.4, 0.5) is 0 Å². The molecule has 0 aliphatic carbocycles. The number of methoxy groups -OCH3 is 1. The number of carboxylic acid groups (broad SMARTS) is 1. The minimum atomic E-state index is -1.07. The summed E-state index contributed by atoms with van der Waals surface area (Å²) in [6, 6.07) is 6.95. The average molecular weight is 409 g/mol. The van der Waals surface area contributed by atoms with E-state index in [4.69, 9.17) is 20.8 Å². The van der Waals surface area contributed by atoms with Crippen molar-refractivity contribution in [2.45, 2.75) is 12.1 Å². The van der Waals surface area contributed by atoms with E-state index in [1.165, 1.54) is 18.4 Å². The van der Waals surface area contributed by atoms with Gasteiger partial charge in [0.2, 0.25) is 0 Å². The van der Waals surface area contributed by atoms with Crippen LogP contribution in [0.2, 0.25) is 5.02 Å². The Morgan fingerprint density at radius 3 is 2.85 bits per heavy atom. The van der Waals surface area contributed by atoms with Gasteiger partial charge in [-0.1, -0.05) is 11.6 Å². The second-order valence-electron chi connectivity index (χ2n) is 5.10. The van der Waals surface area contributed by atoms with Crippen molar-refractivity contribution in [2.75, 3.05) is 7.11 Å². The summed E-state index contributed by atoms with van der Waals surface area (Å²) < 4.78 is 10.9. The van der Waals surface area contributed by atoms with Crippen molar-refractivity contribution in [1.82, 2.24) is 10.2 Å². The number of ether oxygens (including phenoxy) is 1. The summed E-state index contributed by atoms with van der Waals surface area (Å²) >= 11 is 8.37. The first-order valence-corrected chi connectivity index (χ1v) is 9.39. The van der Waals surface area contributed by atoms with E-state index in [0.717, 1.165) is 22.2 Å². The first kappa shape index (κ1) is 18.5. The fourth-order valence-electron chi connectivity index (χ4n) is 2.09. The predicted molar refractivity (Wildman–Crippen MR) is 102 cm³/mol. The molecule has 1 aromatic carbocycles. The second kappa shape index (κ2) is 7.94. The minimum Gasteiger partial charge on any atom is -0.496 e. The molecule has 0 saturated heterocycles. The fraction of sp³-hybridized carbons (Fsp3) is 0.118. The summed E-state index contributed by atoms with van der Waals surface area (Å²) in [4.78, 5) is 12.5. The number of rotatable bonds is 6. The second-order valence-corrected chi connectivity index (χ2v) is 7.48. The Morgan fingerprint density at radius 2 is 2.19 bits per heavy atom. The number of hydrogen-bond donors (Lipinski definition) is 1. The van der Waals surface area contributed by atoms with Gasteiger partial charge in [0.05, 0.1) is 12.7 Å². The molecule has 2 heterocycles. The number of benzene rings is 1. The molecule has 0 bridgehead atoms. The molecule has 0 atom stereocenters. The maximum Gasteiger partial charge on any atom is 0.342 e. The minimum absolute atomic E-state index is 0.0869. The number of hydrogen-bond acceptors (Lipinski definition) is 7. The summed E-state index contributed by atoms with van der Waals surface area (Å²) in [5.74, 6) is -0.343. The van der Waals surface area contributed by atoms with Crippen LogP contribution in [-0.2, 0) is 4.79 Å². The van der Waals surface area contributed by atoms with Crippen LogP contribution >= 0.6 is 34.7 Å². The summed E-state index contributed by atoms with van der Waals surface area (Å²) in [6.45, 7) is 1.92. The van der Waals surface area contributed by atoms with Crippen molar-refractivity contribution in [3.63, 3.8) is 0 Å². The van der Waals surface area contributed by atoms with E-state index in [1.54, 1.807) is 24.3 Å². The highest BCUT2D eigenvalue weighted by molar-refractivity contribution is 8.03. The summed E-state index contributed by atoms with van der Waals surface area (Å²) in [5.41, 5.74) is 1.54. The third-order valence-corrected chi connectivity index (χ3v) is 5.42. The molecule has 134 valence electrons. The number of nitrogens with zero attached hydrogens (tertiary/aromatic N) is 2. The average Bonchev–Trinajstić information content (AvgIpc) is 3.23. The topological polar surface area (TPSA) is 85.5 Å². The maximum atomic E-state index is 11.6. The summed E-state index contributed by atoms with van der Waals surface area (Å²) in [7, 11) is 1.52. The van der Waals surface area contributed by atoms with Crippen LogP contribution in [0, 0.1) is 6.92 Å². The number of aryl methyl sites for hydroxylation is 1. The molecule has 3 aromatic rings. The van der Waals surface area contributed by atoms with Crippen molar-refractivity contribution >= 4 is 46.7 Å². The van der Waals surface area contributed by atoms with Gasteiger partial charge in [-0.2, -0.15) is 0 Å². The van der Waals surface area contributed by atoms with E-state index in [0.29, 0.717) is 16.3 Å². The Labute approximate surface area is 162 Å². The van der Waals surface area contributed by atoms with Gasteiger partial charge in [-0.25, -0.2) is 4.79 Å². The monoisotopic (exact) mass is 408 g/mol. The standard InChI is InChI=1S/C17H13ClN2O4S2/c1-9-5-6-25-13(9)8-14(16(21)22)26-17-20-19-15(24-17)11-7-10(18)3-4-12(11)23-2/h3-8H,1-2H3,(H,21,22)/b14-8-. The van der Waals surface area contributed by atoms with Crippen LogP contribution in [0.1, 0.15) is 10.4 Å². The Balaban J connectivity index is 1.90. The van der Waals surface area contributed by atoms with Gasteiger partial charge in [0.25, 0.3) is 11.1 Å². The van der Waals surface area contributed by atoms with Crippen LogP contribution in [-0.4, -0.2) is 28.4 Å². The molecule has 0 aliphatic rings. The number of thiophene rings is 1. The number of aromatic nitrogens is 2. The SMILES string of the molecule is COc1ccc(Cl)cc1-c1nnc(S/C(=C\c2sccc2C)C(=O)O)o1. The molecule has 0 unspecified atom stereocenters. The molecule has 6 nitrogen and oxygen atoms in total. The number of halogens is 1. The van der Waals surface area contributed by atoms with Gasteiger partial charge in [0.15, 0.2) is 0 Å². The van der Waals surface area contributed by atoms with Crippen molar-refractivity contribution in [3.8, 4) is 17.2 Å². The molecule has 9 heteroatoms. The summed E-state index contributed by atoms with van der Waals surface area (Å²) in [5, 5.41) is 19.9. The molecule has 2 aromatic heterocycles. The Hall–Kier alpha value is -2.29. The van der Waals surface area contributed by atoms with Gasteiger partial charge in [0, 0.05) is 9.90 Å². The highest BCUT2D eigenvalue weighted by atomic mass is 35.5. The maximum absolute atomic E-state index is 11.6. The molecule has 26 heavy (non-hydrogen) atoms. The smallest absolute Gasteiger partial charge is 0.342 e. The molecule has 0 fully saturated rings. The van der Waals surface area contributed by atoms with Crippen molar-refractivity contribution in [1.29, 1.82) is 0 Å². The normalized spacial score (nSPS) is 11.6. The van der Waals surface area contributed by atoms with Crippen molar-refractivity contribution < 1.29 is 19.1 Å².